The summed E-state index contributed by atoms with van der Waals surface area (Å²) in [4.78, 5) is 22.0. The molecule has 0 saturated heterocycles. The maximum Gasteiger partial charge on any atom is 0.387 e. The lowest BCUT2D eigenvalue weighted by atomic mass is 10.2. The standard InChI is InChI=1S/C16H15F2N3O4/c17-16(18)25-14-3-1-2-11(10-14)15(22)20-9-8-19-12-4-6-13(7-5-12)21(23)24/h1-7,10,16,19H,8-9H2,(H,20,22). The quantitative estimate of drug-likeness (QED) is 0.433. The van der Waals surface area contributed by atoms with Crippen LogP contribution in [0.4, 0.5) is 20.2 Å². The van der Waals surface area contributed by atoms with Crippen LogP contribution in [-0.2, 0) is 0 Å². The Kier molecular flexibility index (Phi) is 6.21. The van der Waals surface area contributed by atoms with E-state index in [1.54, 1.807) is 12.1 Å². The highest BCUT2D eigenvalue weighted by molar-refractivity contribution is 5.94. The second-order valence-corrected chi connectivity index (χ2v) is 4.89. The number of carbonyl (C=O) groups excluding carboxylic acids is 1. The van der Waals surface area contributed by atoms with Crippen LogP contribution < -0.4 is 15.4 Å². The summed E-state index contributed by atoms with van der Waals surface area (Å²) in [5, 5.41) is 16.2. The number of hydrogen-bond donors (Lipinski definition) is 2. The van der Waals surface area contributed by atoms with Crippen molar-refractivity contribution in [3.8, 4) is 5.75 Å². The van der Waals surface area contributed by atoms with Gasteiger partial charge in [0.25, 0.3) is 11.6 Å². The fraction of sp³-hybridized carbons (Fsp3) is 0.188. The van der Waals surface area contributed by atoms with Gasteiger partial charge in [-0.25, -0.2) is 0 Å². The van der Waals surface area contributed by atoms with Gasteiger partial charge in [0.2, 0.25) is 0 Å². The molecule has 0 aliphatic heterocycles. The smallest absolute Gasteiger partial charge is 0.387 e. The summed E-state index contributed by atoms with van der Waals surface area (Å²) in [6.45, 7) is -2.30. The lowest BCUT2D eigenvalue weighted by Gasteiger charge is -2.09. The Bertz CT molecular complexity index is 738. The van der Waals surface area contributed by atoms with E-state index in [-0.39, 0.29) is 23.5 Å². The summed E-state index contributed by atoms with van der Waals surface area (Å²) >= 11 is 0. The van der Waals surface area contributed by atoms with E-state index in [1.165, 1.54) is 36.4 Å². The summed E-state index contributed by atoms with van der Waals surface area (Å²) in [5.74, 6) is -0.517. The summed E-state index contributed by atoms with van der Waals surface area (Å²) in [5.41, 5.74) is 0.866. The van der Waals surface area contributed by atoms with Crippen molar-refractivity contribution in [2.24, 2.45) is 0 Å². The van der Waals surface area contributed by atoms with E-state index in [1.807, 2.05) is 0 Å². The van der Waals surface area contributed by atoms with Crippen LogP contribution >= 0.6 is 0 Å². The molecule has 0 saturated carbocycles. The highest BCUT2D eigenvalue weighted by Crippen LogP contribution is 2.16. The Morgan fingerprint density at radius 1 is 1.16 bits per heavy atom. The molecule has 0 aliphatic rings. The van der Waals surface area contributed by atoms with Crippen LogP contribution in [0, 0.1) is 10.1 Å². The first-order valence-corrected chi connectivity index (χ1v) is 7.27. The maximum absolute atomic E-state index is 12.2. The minimum Gasteiger partial charge on any atom is -0.435 e. The molecule has 0 heterocycles. The molecule has 0 atom stereocenters. The Labute approximate surface area is 141 Å². The first kappa shape index (κ1) is 18.1. The number of rotatable bonds is 8. The lowest BCUT2D eigenvalue weighted by molar-refractivity contribution is -0.384. The van der Waals surface area contributed by atoms with Crippen molar-refractivity contribution in [3.63, 3.8) is 0 Å². The third-order valence-corrected chi connectivity index (χ3v) is 3.14. The van der Waals surface area contributed by atoms with Crippen LogP contribution in [0.1, 0.15) is 10.4 Å². The van der Waals surface area contributed by atoms with Crippen molar-refractivity contribution < 1.29 is 23.2 Å². The minimum atomic E-state index is -2.95. The molecule has 25 heavy (non-hydrogen) atoms. The fourth-order valence-electron chi connectivity index (χ4n) is 2.00. The van der Waals surface area contributed by atoms with Gasteiger partial charge in [-0.2, -0.15) is 8.78 Å². The number of nitrogens with zero attached hydrogens (tertiary/aromatic N) is 1. The molecule has 2 aromatic carbocycles. The molecule has 132 valence electrons. The number of anilines is 1. The van der Waals surface area contributed by atoms with E-state index in [9.17, 15) is 23.7 Å². The zero-order valence-corrected chi connectivity index (χ0v) is 12.9. The predicted octanol–water partition coefficient (Wildman–Crippen LogP) is 3.04. The molecule has 0 unspecified atom stereocenters. The van der Waals surface area contributed by atoms with Gasteiger partial charge in [-0.1, -0.05) is 6.07 Å². The number of nitro groups is 1. The molecule has 0 fully saturated rings. The molecule has 9 heteroatoms. The van der Waals surface area contributed by atoms with E-state index < -0.39 is 17.4 Å². The number of non-ortho nitro benzene ring substituents is 1. The first-order valence-electron chi connectivity index (χ1n) is 7.27. The number of ether oxygens (including phenoxy) is 1. The van der Waals surface area contributed by atoms with Crippen LogP contribution in [0.2, 0.25) is 0 Å². The van der Waals surface area contributed by atoms with Crippen molar-refractivity contribution in [3.05, 3.63) is 64.2 Å². The predicted molar refractivity (Wildman–Crippen MR) is 87.0 cm³/mol. The largest absolute Gasteiger partial charge is 0.435 e. The van der Waals surface area contributed by atoms with Crippen molar-refractivity contribution >= 4 is 17.3 Å². The van der Waals surface area contributed by atoms with Gasteiger partial charge < -0.3 is 15.4 Å². The SMILES string of the molecule is O=C(NCCNc1ccc([N+](=O)[O-])cc1)c1cccc(OC(F)F)c1. The van der Waals surface area contributed by atoms with E-state index in [0.717, 1.165) is 0 Å². The number of benzene rings is 2. The molecule has 0 aliphatic carbocycles. The summed E-state index contributed by atoms with van der Waals surface area (Å²) in [6, 6.07) is 11.4. The lowest BCUT2D eigenvalue weighted by Crippen LogP contribution is -2.28. The molecule has 0 bridgehead atoms. The number of halogens is 2. The molecule has 1 amide bonds. The molecular formula is C16H15F2N3O4. The molecule has 0 aromatic heterocycles. The Hall–Kier alpha value is -3.23. The molecule has 0 spiro atoms. The molecule has 7 nitrogen and oxygen atoms in total. The van der Waals surface area contributed by atoms with Crippen molar-refractivity contribution in [1.82, 2.24) is 5.32 Å². The molecular weight excluding hydrogens is 336 g/mol. The van der Waals surface area contributed by atoms with Gasteiger partial charge in [0.05, 0.1) is 4.92 Å². The average molecular weight is 351 g/mol. The van der Waals surface area contributed by atoms with Crippen LogP contribution in [-0.4, -0.2) is 30.5 Å². The van der Waals surface area contributed by atoms with Crippen molar-refractivity contribution in [2.75, 3.05) is 18.4 Å². The third-order valence-electron chi connectivity index (χ3n) is 3.14. The zero-order valence-electron chi connectivity index (χ0n) is 12.9. The fourth-order valence-corrected chi connectivity index (χ4v) is 2.00. The van der Waals surface area contributed by atoms with Gasteiger partial charge in [0.15, 0.2) is 0 Å². The van der Waals surface area contributed by atoms with E-state index in [2.05, 4.69) is 15.4 Å². The van der Waals surface area contributed by atoms with Crippen LogP contribution in [0.25, 0.3) is 0 Å². The van der Waals surface area contributed by atoms with E-state index >= 15 is 0 Å². The number of alkyl halides is 2. The summed E-state index contributed by atoms with van der Waals surface area (Å²) in [7, 11) is 0. The van der Waals surface area contributed by atoms with Gasteiger partial charge in [0.1, 0.15) is 5.75 Å². The van der Waals surface area contributed by atoms with Crippen LogP contribution in [0.15, 0.2) is 48.5 Å². The summed E-state index contributed by atoms with van der Waals surface area (Å²) < 4.78 is 28.6. The average Bonchev–Trinajstić information content (AvgIpc) is 2.58. The Morgan fingerprint density at radius 2 is 1.88 bits per heavy atom. The van der Waals surface area contributed by atoms with Gasteiger partial charge in [-0.3, -0.25) is 14.9 Å². The topological polar surface area (TPSA) is 93.5 Å². The number of hydrogen-bond acceptors (Lipinski definition) is 5. The Morgan fingerprint density at radius 3 is 2.52 bits per heavy atom. The minimum absolute atomic E-state index is 0.00949. The zero-order chi connectivity index (χ0) is 18.2. The molecule has 2 rings (SSSR count). The maximum atomic E-state index is 12.2. The highest BCUT2D eigenvalue weighted by atomic mass is 19.3. The van der Waals surface area contributed by atoms with Gasteiger partial charge in [0, 0.05) is 36.5 Å². The second kappa shape index (κ2) is 8.57. The van der Waals surface area contributed by atoms with Crippen LogP contribution in [0.5, 0.6) is 5.75 Å². The van der Waals surface area contributed by atoms with Gasteiger partial charge >= 0.3 is 6.61 Å². The molecule has 2 N–H and O–H groups in total. The normalized spacial score (nSPS) is 10.4. The third kappa shape index (κ3) is 5.72. The summed E-state index contributed by atoms with van der Waals surface area (Å²) in [6.07, 6.45) is 0. The Balaban J connectivity index is 1.79. The van der Waals surface area contributed by atoms with Crippen molar-refractivity contribution in [1.29, 1.82) is 0 Å². The highest BCUT2D eigenvalue weighted by Gasteiger charge is 2.09. The van der Waals surface area contributed by atoms with Crippen molar-refractivity contribution in [2.45, 2.75) is 6.61 Å². The van der Waals surface area contributed by atoms with Gasteiger partial charge in [-0.15, -0.1) is 0 Å². The monoisotopic (exact) mass is 351 g/mol. The molecule has 2 aromatic rings. The number of nitrogens with one attached hydrogen (secondary N) is 2. The number of amides is 1. The second-order valence-electron chi connectivity index (χ2n) is 4.89. The number of nitro benzene ring substituents is 1. The van der Waals surface area contributed by atoms with Crippen LogP contribution in [0.3, 0.4) is 0 Å². The first-order chi connectivity index (χ1) is 12.0. The molecule has 0 radical (unpaired) electrons. The number of carbonyl (C=O) groups is 1. The van der Waals surface area contributed by atoms with E-state index in [4.69, 9.17) is 0 Å². The van der Waals surface area contributed by atoms with E-state index in [0.29, 0.717) is 12.2 Å². The van der Waals surface area contributed by atoms with Gasteiger partial charge in [-0.05, 0) is 30.3 Å².